The van der Waals surface area contributed by atoms with E-state index < -0.39 is 0 Å². The van der Waals surface area contributed by atoms with Gasteiger partial charge in [-0.05, 0) is 31.9 Å². The van der Waals surface area contributed by atoms with Crippen LogP contribution in [0.5, 0.6) is 0 Å². The largest absolute Gasteiger partial charge is 0.228 e. The Kier molecular flexibility index (Phi) is 3.56. The molecule has 176 valence electrons. The maximum Gasteiger partial charge on any atom is 0.162 e. The Morgan fingerprint density at radius 1 is 0.568 bits per heavy atom. The molecule has 0 spiro atoms. The van der Waals surface area contributed by atoms with Crippen molar-refractivity contribution in [3.63, 3.8) is 0 Å². The summed E-state index contributed by atoms with van der Waals surface area (Å²) in [7, 11) is 0. The summed E-state index contributed by atoms with van der Waals surface area (Å²) >= 11 is 0. The van der Waals surface area contributed by atoms with Crippen LogP contribution >= 0.6 is 0 Å². The van der Waals surface area contributed by atoms with Gasteiger partial charge in [-0.2, -0.15) is 0 Å². The quantitative estimate of drug-likeness (QED) is 0.269. The van der Waals surface area contributed by atoms with Crippen LogP contribution in [0.4, 0.5) is 0 Å². The third kappa shape index (κ3) is 2.11. The van der Waals surface area contributed by atoms with Crippen molar-refractivity contribution < 1.29 is 0 Å². The van der Waals surface area contributed by atoms with E-state index in [1.165, 1.54) is 0 Å². The van der Waals surface area contributed by atoms with E-state index in [0.717, 1.165) is 101 Å². The molecule has 6 nitrogen and oxygen atoms in total. The van der Waals surface area contributed by atoms with Crippen LogP contribution in [0, 0.1) is 6.92 Å². The van der Waals surface area contributed by atoms with Crippen molar-refractivity contribution >= 4 is 62.7 Å². The second kappa shape index (κ2) is 6.48. The topological polar surface area (TPSA) is 60.4 Å². The van der Waals surface area contributed by atoms with Crippen molar-refractivity contribution in [3.8, 4) is 22.5 Å². The van der Waals surface area contributed by atoms with E-state index in [1.807, 2.05) is 22.7 Å². The predicted octanol–water partition coefficient (Wildman–Crippen LogP) is 7.23. The fourth-order valence-corrected chi connectivity index (χ4v) is 6.24. The smallest absolute Gasteiger partial charge is 0.162 e. The zero-order valence-electron chi connectivity index (χ0n) is 20.8. The number of fused-ring (bicyclic) bond motifs is 1. The zero-order chi connectivity index (χ0) is 25.3. The maximum absolute atomic E-state index is 5.42. The van der Waals surface area contributed by atoms with Gasteiger partial charge in [0.1, 0.15) is 0 Å². The summed E-state index contributed by atoms with van der Waals surface area (Å²) in [6, 6.07) is 8.36. The van der Waals surface area contributed by atoms with E-state index in [4.69, 9.17) is 19.9 Å². The van der Waals surface area contributed by atoms with Gasteiger partial charge < -0.3 is 0 Å². The fraction of sp³-hybridized carbons (Fsp3) is 0.0968. The van der Waals surface area contributed by atoms with Crippen LogP contribution in [-0.4, -0.2) is 29.0 Å². The van der Waals surface area contributed by atoms with Crippen LogP contribution < -0.4 is 0 Å². The Hall–Kier alpha value is -4.84. The Labute approximate surface area is 212 Å². The van der Waals surface area contributed by atoms with Gasteiger partial charge in [0.05, 0.1) is 22.8 Å². The van der Waals surface area contributed by atoms with E-state index in [1.54, 1.807) is 0 Å². The number of hydrogen-bond donors (Lipinski definition) is 0. The summed E-state index contributed by atoms with van der Waals surface area (Å²) in [5.41, 5.74) is 14.6. The number of allylic oxidation sites excluding steroid dienone is 2. The van der Waals surface area contributed by atoms with Crippen molar-refractivity contribution in [2.75, 3.05) is 0 Å². The highest BCUT2D eigenvalue weighted by molar-refractivity contribution is 6.20. The molecule has 0 saturated carbocycles. The highest BCUT2D eigenvalue weighted by Gasteiger charge is 2.33. The molecule has 2 aliphatic carbocycles. The first kappa shape index (κ1) is 20.4. The van der Waals surface area contributed by atoms with Gasteiger partial charge in [0.25, 0.3) is 0 Å². The first-order chi connectivity index (χ1) is 18.0. The lowest BCUT2D eigenvalue weighted by Gasteiger charge is -2.05. The van der Waals surface area contributed by atoms with E-state index in [0.29, 0.717) is 0 Å². The molecule has 0 aliphatic heterocycles. The van der Waals surface area contributed by atoms with Gasteiger partial charge >= 0.3 is 0 Å². The van der Waals surface area contributed by atoms with Gasteiger partial charge in [0.15, 0.2) is 22.6 Å². The zero-order valence-corrected chi connectivity index (χ0v) is 20.8. The van der Waals surface area contributed by atoms with Crippen LogP contribution in [0.1, 0.15) is 47.5 Å². The molecule has 2 aliphatic rings. The van der Waals surface area contributed by atoms with Crippen molar-refractivity contribution in [3.05, 3.63) is 77.6 Å². The minimum Gasteiger partial charge on any atom is -0.228 e. The first-order valence-corrected chi connectivity index (χ1v) is 12.3. The summed E-state index contributed by atoms with van der Waals surface area (Å²) in [6.07, 6.45) is 5.56. The van der Waals surface area contributed by atoms with E-state index in [-0.39, 0.29) is 0 Å². The lowest BCUT2D eigenvalue weighted by molar-refractivity contribution is 0.876. The lowest BCUT2D eigenvalue weighted by Crippen LogP contribution is -2.03. The fourth-order valence-electron chi connectivity index (χ4n) is 6.24. The molecule has 6 aromatic heterocycles. The monoisotopic (exact) mass is 478 g/mol. The Morgan fingerprint density at radius 2 is 0.973 bits per heavy atom. The normalized spacial score (nSPS) is 13.5. The Bertz CT molecular complexity index is 2170. The SMILES string of the molecule is C=Cc1c(C)c2nc3c4c(nc5c(C=C)c(C=C)c6nc7c4c(nc1n2n56)-c1ccccc1-7)C(C)=C3C. The molecular formula is C31H22N6. The molecule has 0 atom stereocenters. The second-order valence-electron chi connectivity index (χ2n) is 9.78. The van der Waals surface area contributed by atoms with Crippen molar-refractivity contribution in [2.24, 2.45) is 0 Å². The van der Waals surface area contributed by atoms with Crippen LogP contribution in [0.3, 0.4) is 0 Å². The molecule has 37 heavy (non-hydrogen) atoms. The van der Waals surface area contributed by atoms with Crippen LogP contribution in [0.25, 0.3) is 85.3 Å². The molecule has 0 amide bonds. The van der Waals surface area contributed by atoms with E-state index in [2.05, 4.69) is 69.3 Å². The molecule has 12 bridgehead atoms. The third-order valence-electron chi connectivity index (χ3n) is 8.15. The van der Waals surface area contributed by atoms with Crippen molar-refractivity contribution in [2.45, 2.75) is 20.8 Å². The second-order valence-corrected chi connectivity index (χ2v) is 9.78. The summed E-state index contributed by atoms with van der Waals surface area (Å²) in [4.78, 5) is 21.6. The minimum atomic E-state index is 0.732. The van der Waals surface area contributed by atoms with Gasteiger partial charge in [-0.1, -0.05) is 62.2 Å². The Balaban J connectivity index is 1.95. The average molecular weight is 479 g/mol. The molecule has 9 rings (SSSR count). The Morgan fingerprint density at radius 3 is 1.49 bits per heavy atom. The summed E-state index contributed by atoms with van der Waals surface area (Å²) < 4.78 is 4.10. The van der Waals surface area contributed by atoms with Crippen LogP contribution in [-0.2, 0) is 0 Å². The van der Waals surface area contributed by atoms with Gasteiger partial charge in [-0.25, -0.2) is 29.0 Å². The molecule has 0 unspecified atom stereocenters. The number of aryl methyl sites for hydroxylation is 1. The number of benzene rings is 1. The number of hydrogen-bond acceptors (Lipinski definition) is 4. The van der Waals surface area contributed by atoms with Gasteiger partial charge in [0.2, 0.25) is 0 Å². The van der Waals surface area contributed by atoms with E-state index >= 15 is 0 Å². The molecule has 6 heteroatoms. The minimum absolute atomic E-state index is 0.732. The van der Waals surface area contributed by atoms with Gasteiger partial charge in [-0.3, -0.25) is 0 Å². The molecule has 1 aromatic carbocycles. The molecule has 0 fully saturated rings. The van der Waals surface area contributed by atoms with Crippen molar-refractivity contribution in [1.29, 1.82) is 0 Å². The number of aromatic nitrogens is 6. The summed E-state index contributed by atoms with van der Waals surface area (Å²) in [5.74, 6) is 0. The highest BCUT2D eigenvalue weighted by Crippen LogP contribution is 2.50. The molecule has 0 radical (unpaired) electrons. The van der Waals surface area contributed by atoms with Gasteiger partial charge in [-0.15, -0.1) is 0 Å². The number of rotatable bonds is 3. The van der Waals surface area contributed by atoms with E-state index in [9.17, 15) is 0 Å². The average Bonchev–Trinajstić information content (AvgIpc) is 3.57. The summed E-state index contributed by atoms with van der Waals surface area (Å²) in [6.45, 7) is 18.8. The first-order valence-electron chi connectivity index (χ1n) is 12.3. The van der Waals surface area contributed by atoms with Crippen LogP contribution in [0.2, 0.25) is 0 Å². The molecule has 6 heterocycles. The maximum atomic E-state index is 5.42. The third-order valence-corrected chi connectivity index (χ3v) is 8.15. The summed E-state index contributed by atoms with van der Waals surface area (Å²) in [5, 5.41) is 1.96. The molecular weight excluding hydrogens is 456 g/mol. The van der Waals surface area contributed by atoms with Crippen LogP contribution in [0.15, 0.2) is 44.0 Å². The molecule has 0 saturated heterocycles. The lowest BCUT2D eigenvalue weighted by atomic mass is 10.1. The standard InChI is InChI=1S/C31H22N6/c1-7-17-16(6)28-32-24-14(4)15(5)25-22(24)23-26-20-12-10-11-13-21(20)27(23)35-31-19(9-3)18(8-2)30(33-25)37(31)36(28)29(17)34-26/h7-13H,1-3H2,4-6H3. The van der Waals surface area contributed by atoms with Gasteiger partial charge in [0, 0.05) is 44.2 Å². The number of nitrogens with zero attached hydrogens (tertiary/aromatic N) is 6. The highest BCUT2D eigenvalue weighted by atomic mass is 15.4. The van der Waals surface area contributed by atoms with Crippen molar-refractivity contribution in [1.82, 2.24) is 29.0 Å². The molecule has 0 N–H and O–H groups in total. The predicted molar refractivity (Wildman–Crippen MR) is 152 cm³/mol. The molecule has 7 aromatic rings.